The molecular weight excluding hydrogens is 426 g/mol. The van der Waals surface area contributed by atoms with Gasteiger partial charge < -0.3 is 9.47 Å². The lowest BCUT2D eigenvalue weighted by molar-refractivity contribution is -0.148. The van der Waals surface area contributed by atoms with Crippen molar-refractivity contribution in [3.05, 3.63) is 53.6 Å². The van der Waals surface area contributed by atoms with Crippen LogP contribution in [-0.2, 0) is 19.6 Å². The molecule has 1 spiro atoms. The topological polar surface area (TPSA) is 81.7 Å². The van der Waals surface area contributed by atoms with Gasteiger partial charge in [-0.3, -0.25) is 4.79 Å². The summed E-state index contributed by atoms with van der Waals surface area (Å²) in [5.74, 6) is 0.161. The zero-order valence-electron chi connectivity index (χ0n) is 16.6. The Morgan fingerprint density at radius 1 is 1.10 bits per heavy atom. The first-order chi connectivity index (χ1) is 14.3. The number of nitrogens with one attached hydrogen (secondary N) is 1. The third-order valence-corrected chi connectivity index (χ3v) is 7.91. The van der Waals surface area contributed by atoms with Gasteiger partial charge in [-0.25, -0.2) is 13.1 Å². The van der Waals surface area contributed by atoms with Crippen LogP contribution in [-0.4, -0.2) is 27.5 Å². The second-order valence-corrected chi connectivity index (χ2v) is 10.2. The molecule has 2 atom stereocenters. The van der Waals surface area contributed by atoms with Crippen molar-refractivity contribution in [2.75, 3.05) is 7.11 Å². The van der Waals surface area contributed by atoms with Crippen LogP contribution in [0.15, 0.2) is 53.4 Å². The van der Waals surface area contributed by atoms with Crippen molar-refractivity contribution in [2.45, 2.75) is 43.0 Å². The van der Waals surface area contributed by atoms with Gasteiger partial charge in [-0.05, 0) is 73.9 Å². The lowest BCUT2D eigenvalue weighted by Crippen LogP contribution is -2.47. The molecule has 0 saturated heterocycles. The highest BCUT2D eigenvalue weighted by molar-refractivity contribution is 7.89. The fourth-order valence-electron chi connectivity index (χ4n) is 4.15. The predicted octanol–water partition coefficient (Wildman–Crippen LogP) is 4.53. The number of hydrogen-bond donors (Lipinski definition) is 1. The van der Waals surface area contributed by atoms with Gasteiger partial charge in [0, 0.05) is 6.04 Å². The Morgan fingerprint density at radius 3 is 2.43 bits per heavy atom. The highest BCUT2D eigenvalue weighted by Crippen LogP contribution is 2.57. The lowest BCUT2D eigenvalue weighted by Gasteiger charge is -2.35. The van der Waals surface area contributed by atoms with Gasteiger partial charge in [0.05, 0.1) is 22.9 Å². The Morgan fingerprint density at radius 2 is 1.80 bits per heavy atom. The van der Waals surface area contributed by atoms with Gasteiger partial charge in [-0.1, -0.05) is 23.7 Å². The van der Waals surface area contributed by atoms with E-state index in [9.17, 15) is 13.2 Å². The molecular formula is C22H24ClNO5S. The standard InChI is InChI=1S/C22H24ClNO5S/c1-28-21(25)17-14-22(12-13-22)11-10-19(17)24-30(26,27)16-8-6-15(7-9-16)29-20-5-3-2-4-18(20)23/h2-9,17,19,24H,10-14H2,1H3/t17-,19+/m1/s1. The first-order valence-corrected chi connectivity index (χ1v) is 11.8. The number of para-hydroxylation sites is 1. The molecule has 160 valence electrons. The maximum absolute atomic E-state index is 12.9. The van der Waals surface area contributed by atoms with E-state index in [0.717, 1.165) is 19.3 Å². The molecule has 0 bridgehead atoms. The van der Waals surface area contributed by atoms with Gasteiger partial charge in [0.2, 0.25) is 10.0 Å². The van der Waals surface area contributed by atoms with Crippen molar-refractivity contribution in [1.29, 1.82) is 0 Å². The second-order valence-electron chi connectivity index (χ2n) is 8.10. The first-order valence-electron chi connectivity index (χ1n) is 9.95. The number of methoxy groups -OCH3 is 1. The molecule has 0 heterocycles. The fourth-order valence-corrected chi connectivity index (χ4v) is 5.64. The molecule has 2 fully saturated rings. The van der Waals surface area contributed by atoms with E-state index in [1.165, 1.54) is 19.2 Å². The van der Waals surface area contributed by atoms with Crippen LogP contribution in [0.2, 0.25) is 5.02 Å². The molecule has 0 unspecified atom stereocenters. The maximum atomic E-state index is 12.9. The summed E-state index contributed by atoms with van der Waals surface area (Å²) < 4.78 is 39.2. The summed E-state index contributed by atoms with van der Waals surface area (Å²) in [4.78, 5) is 12.4. The molecule has 0 radical (unpaired) electrons. The number of esters is 1. The van der Waals surface area contributed by atoms with Gasteiger partial charge in [0.15, 0.2) is 0 Å². The quantitative estimate of drug-likeness (QED) is 0.655. The number of halogens is 1. The SMILES string of the molecule is COC(=O)[C@@H]1CC2(CC[C@@H]1NS(=O)(=O)c1ccc(Oc3ccccc3Cl)cc1)CC2. The Bertz CT molecular complexity index is 1030. The van der Waals surface area contributed by atoms with Crippen LogP contribution < -0.4 is 9.46 Å². The van der Waals surface area contributed by atoms with Crippen molar-refractivity contribution in [1.82, 2.24) is 4.72 Å². The number of rotatable bonds is 6. The summed E-state index contributed by atoms with van der Waals surface area (Å²) in [7, 11) is -2.44. The van der Waals surface area contributed by atoms with Crippen LogP contribution in [0.5, 0.6) is 11.5 Å². The predicted molar refractivity (Wildman–Crippen MR) is 113 cm³/mol. The Balaban J connectivity index is 1.47. The van der Waals surface area contributed by atoms with Crippen LogP contribution in [0.1, 0.15) is 32.1 Å². The van der Waals surface area contributed by atoms with E-state index in [-0.39, 0.29) is 16.3 Å². The van der Waals surface area contributed by atoms with Crippen LogP contribution in [0, 0.1) is 11.3 Å². The minimum Gasteiger partial charge on any atom is -0.469 e. The van der Waals surface area contributed by atoms with Gasteiger partial charge in [0.25, 0.3) is 0 Å². The number of carbonyl (C=O) groups excluding carboxylic acids is 1. The van der Waals surface area contributed by atoms with E-state index in [2.05, 4.69) is 4.72 Å². The molecule has 2 aliphatic rings. The molecule has 30 heavy (non-hydrogen) atoms. The number of sulfonamides is 1. The number of benzene rings is 2. The van der Waals surface area contributed by atoms with Crippen molar-refractivity contribution < 1.29 is 22.7 Å². The largest absolute Gasteiger partial charge is 0.469 e. The number of hydrogen-bond acceptors (Lipinski definition) is 5. The Labute approximate surface area is 181 Å². The molecule has 0 amide bonds. The van der Waals surface area contributed by atoms with Crippen LogP contribution in [0.3, 0.4) is 0 Å². The lowest BCUT2D eigenvalue weighted by atomic mass is 9.76. The van der Waals surface area contributed by atoms with Gasteiger partial charge in [-0.15, -0.1) is 0 Å². The zero-order chi connectivity index (χ0) is 21.4. The molecule has 1 N–H and O–H groups in total. The highest BCUT2D eigenvalue weighted by atomic mass is 35.5. The van der Waals surface area contributed by atoms with E-state index in [1.807, 2.05) is 0 Å². The van der Waals surface area contributed by atoms with Gasteiger partial charge in [0.1, 0.15) is 11.5 Å². The van der Waals surface area contributed by atoms with Gasteiger partial charge in [-0.2, -0.15) is 0 Å². The van der Waals surface area contributed by atoms with E-state index in [0.29, 0.717) is 29.4 Å². The maximum Gasteiger partial charge on any atom is 0.310 e. The average Bonchev–Trinajstić information content (AvgIpc) is 3.50. The van der Waals surface area contributed by atoms with E-state index < -0.39 is 22.0 Å². The molecule has 8 heteroatoms. The summed E-state index contributed by atoms with van der Waals surface area (Å²) >= 11 is 6.09. The third-order valence-electron chi connectivity index (χ3n) is 6.09. The van der Waals surface area contributed by atoms with Crippen molar-refractivity contribution >= 4 is 27.6 Å². The van der Waals surface area contributed by atoms with Crippen molar-refractivity contribution in [3.8, 4) is 11.5 Å². The summed E-state index contributed by atoms with van der Waals surface area (Å²) in [6.45, 7) is 0. The molecule has 2 aromatic carbocycles. The van der Waals surface area contributed by atoms with Crippen LogP contribution in [0.25, 0.3) is 0 Å². The number of ether oxygens (including phenoxy) is 2. The molecule has 2 aromatic rings. The summed E-state index contributed by atoms with van der Waals surface area (Å²) in [5, 5.41) is 0.468. The molecule has 4 rings (SSSR count). The minimum atomic E-state index is -3.79. The Hall–Kier alpha value is -2.09. The molecule has 2 saturated carbocycles. The van der Waals surface area contributed by atoms with Crippen LogP contribution in [0.4, 0.5) is 0 Å². The second kappa shape index (κ2) is 8.21. The van der Waals surface area contributed by atoms with E-state index in [1.54, 1.807) is 36.4 Å². The summed E-state index contributed by atoms with van der Waals surface area (Å²) in [5.41, 5.74) is 0.207. The summed E-state index contributed by atoms with van der Waals surface area (Å²) in [6, 6.07) is 12.7. The van der Waals surface area contributed by atoms with Gasteiger partial charge >= 0.3 is 5.97 Å². The molecule has 6 nitrogen and oxygen atoms in total. The van der Waals surface area contributed by atoms with Crippen molar-refractivity contribution in [3.63, 3.8) is 0 Å². The minimum absolute atomic E-state index is 0.115. The first kappa shape index (κ1) is 21.2. The number of carbonyl (C=O) groups is 1. The van der Waals surface area contributed by atoms with E-state index in [4.69, 9.17) is 21.1 Å². The van der Waals surface area contributed by atoms with Crippen LogP contribution >= 0.6 is 11.6 Å². The third kappa shape index (κ3) is 4.48. The highest BCUT2D eigenvalue weighted by Gasteiger charge is 2.51. The Kier molecular flexibility index (Phi) is 5.79. The molecule has 0 aromatic heterocycles. The smallest absolute Gasteiger partial charge is 0.310 e. The molecule has 0 aliphatic heterocycles. The summed E-state index contributed by atoms with van der Waals surface area (Å²) in [6.07, 6.45) is 4.45. The average molecular weight is 450 g/mol. The molecule has 2 aliphatic carbocycles. The zero-order valence-corrected chi connectivity index (χ0v) is 18.2. The van der Waals surface area contributed by atoms with E-state index >= 15 is 0 Å². The monoisotopic (exact) mass is 449 g/mol. The van der Waals surface area contributed by atoms with Crippen molar-refractivity contribution in [2.24, 2.45) is 11.3 Å². The fraction of sp³-hybridized carbons (Fsp3) is 0.409. The normalized spacial score (nSPS) is 22.5.